The summed E-state index contributed by atoms with van der Waals surface area (Å²) in [5.74, 6) is 1.19. The van der Waals surface area contributed by atoms with Gasteiger partial charge in [-0.3, -0.25) is 4.79 Å². The van der Waals surface area contributed by atoms with E-state index in [9.17, 15) is 9.90 Å². The van der Waals surface area contributed by atoms with E-state index in [1.807, 2.05) is 36.0 Å². The largest absolute Gasteiger partial charge is 0.481 e. The van der Waals surface area contributed by atoms with E-state index in [4.69, 9.17) is 0 Å². The SMILES string of the molecule is CCSCCN1CCC(C(=O)O)c2ccccc21. The molecule has 0 spiro atoms. The van der Waals surface area contributed by atoms with Crippen LogP contribution in [-0.2, 0) is 4.79 Å². The van der Waals surface area contributed by atoms with Gasteiger partial charge in [-0.15, -0.1) is 0 Å². The fourth-order valence-electron chi connectivity index (χ4n) is 2.44. The molecule has 98 valence electrons. The molecule has 4 heteroatoms. The Morgan fingerprint density at radius 1 is 1.50 bits per heavy atom. The van der Waals surface area contributed by atoms with E-state index in [-0.39, 0.29) is 5.92 Å². The van der Waals surface area contributed by atoms with Crippen LogP contribution in [0.4, 0.5) is 5.69 Å². The lowest BCUT2D eigenvalue weighted by atomic mass is 9.90. The van der Waals surface area contributed by atoms with Gasteiger partial charge in [0.1, 0.15) is 0 Å². The van der Waals surface area contributed by atoms with Gasteiger partial charge in [-0.2, -0.15) is 11.8 Å². The topological polar surface area (TPSA) is 40.5 Å². The lowest BCUT2D eigenvalue weighted by molar-refractivity contribution is -0.139. The second-order valence-corrected chi connectivity index (χ2v) is 5.82. The number of anilines is 1. The van der Waals surface area contributed by atoms with Gasteiger partial charge in [0, 0.05) is 24.5 Å². The molecular formula is C14H19NO2S. The molecule has 0 bridgehead atoms. The molecule has 0 fully saturated rings. The Hall–Kier alpha value is -1.16. The molecule has 1 aliphatic heterocycles. The van der Waals surface area contributed by atoms with Crippen molar-refractivity contribution in [2.75, 3.05) is 29.5 Å². The lowest BCUT2D eigenvalue weighted by Crippen LogP contribution is -2.35. The van der Waals surface area contributed by atoms with E-state index >= 15 is 0 Å². The van der Waals surface area contributed by atoms with Crippen molar-refractivity contribution in [3.63, 3.8) is 0 Å². The van der Waals surface area contributed by atoms with Gasteiger partial charge in [0.05, 0.1) is 5.92 Å². The summed E-state index contributed by atoms with van der Waals surface area (Å²) < 4.78 is 0. The molecule has 0 saturated carbocycles. The maximum atomic E-state index is 11.3. The quantitative estimate of drug-likeness (QED) is 0.831. The summed E-state index contributed by atoms with van der Waals surface area (Å²) in [6.45, 7) is 4.01. The van der Waals surface area contributed by atoms with Crippen molar-refractivity contribution in [1.82, 2.24) is 0 Å². The third-order valence-corrected chi connectivity index (χ3v) is 4.23. The number of carbonyl (C=O) groups is 1. The fraction of sp³-hybridized carbons (Fsp3) is 0.500. The van der Waals surface area contributed by atoms with E-state index < -0.39 is 5.97 Å². The van der Waals surface area contributed by atoms with Gasteiger partial charge in [-0.05, 0) is 23.8 Å². The van der Waals surface area contributed by atoms with Crippen molar-refractivity contribution in [1.29, 1.82) is 0 Å². The van der Waals surface area contributed by atoms with Crippen LogP contribution in [0.5, 0.6) is 0 Å². The summed E-state index contributed by atoms with van der Waals surface area (Å²) >= 11 is 1.93. The minimum Gasteiger partial charge on any atom is -0.481 e. The fourth-order valence-corrected chi connectivity index (χ4v) is 3.08. The molecule has 2 rings (SSSR count). The molecule has 1 unspecified atom stereocenters. The Morgan fingerprint density at radius 3 is 3.00 bits per heavy atom. The first-order chi connectivity index (χ1) is 8.74. The molecule has 18 heavy (non-hydrogen) atoms. The molecular weight excluding hydrogens is 246 g/mol. The normalized spacial score (nSPS) is 18.5. The van der Waals surface area contributed by atoms with Crippen LogP contribution in [-0.4, -0.2) is 35.7 Å². The van der Waals surface area contributed by atoms with Crippen LogP contribution in [0.2, 0.25) is 0 Å². The first-order valence-electron chi connectivity index (χ1n) is 6.38. The van der Waals surface area contributed by atoms with Crippen LogP contribution in [0.3, 0.4) is 0 Å². The zero-order valence-electron chi connectivity index (χ0n) is 10.6. The number of aliphatic carboxylic acids is 1. The van der Waals surface area contributed by atoms with Gasteiger partial charge in [0.15, 0.2) is 0 Å². The smallest absolute Gasteiger partial charge is 0.311 e. The van der Waals surface area contributed by atoms with Gasteiger partial charge >= 0.3 is 5.97 Å². The number of fused-ring (bicyclic) bond motifs is 1. The third-order valence-electron chi connectivity index (χ3n) is 3.35. The monoisotopic (exact) mass is 265 g/mol. The Kier molecular flexibility index (Phi) is 4.53. The van der Waals surface area contributed by atoms with Crippen LogP contribution >= 0.6 is 11.8 Å². The maximum Gasteiger partial charge on any atom is 0.311 e. The van der Waals surface area contributed by atoms with E-state index in [1.54, 1.807) is 0 Å². The molecule has 0 amide bonds. The predicted molar refractivity (Wildman–Crippen MR) is 76.6 cm³/mol. The Morgan fingerprint density at radius 2 is 2.28 bits per heavy atom. The first-order valence-corrected chi connectivity index (χ1v) is 7.54. The number of hydrogen-bond acceptors (Lipinski definition) is 3. The molecule has 1 aliphatic rings. The van der Waals surface area contributed by atoms with Gasteiger partial charge in [-0.1, -0.05) is 25.1 Å². The number of hydrogen-bond donors (Lipinski definition) is 1. The molecule has 1 aromatic carbocycles. The molecule has 0 aromatic heterocycles. The average molecular weight is 265 g/mol. The molecule has 3 nitrogen and oxygen atoms in total. The van der Waals surface area contributed by atoms with Gasteiger partial charge in [-0.25, -0.2) is 0 Å². The second-order valence-electron chi connectivity index (χ2n) is 4.42. The number of carboxylic acid groups (broad SMARTS) is 1. The van der Waals surface area contributed by atoms with Crippen LogP contribution in [0.25, 0.3) is 0 Å². The number of nitrogens with zero attached hydrogens (tertiary/aromatic N) is 1. The lowest BCUT2D eigenvalue weighted by Gasteiger charge is -2.34. The highest BCUT2D eigenvalue weighted by molar-refractivity contribution is 7.99. The third kappa shape index (κ3) is 2.80. The van der Waals surface area contributed by atoms with Gasteiger partial charge in [0.2, 0.25) is 0 Å². The van der Waals surface area contributed by atoms with Gasteiger partial charge < -0.3 is 10.0 Å². The highest BCUT2D eigenvalue weighted by Crippen LogP contribution is 2.35. The summed E-state index contributed by atoms with van der Waals surface area (Å²) in [4.78, 5) is 13.6. The zero-order chi connectivity index (χ0) is 13.0. The molecule has 1 N–H and O–H groups in total. The maximum absolute atomic E-state index is 11.3. The number of rotatable bonds is 5. The average Bonchev–Trinajstić information content (AvgIpc) is 2.38. The standard InChI is InChI=1S/C14H19NO2S/c1-2-18-10-9-15-8-7-12(14(16)17)11-5-3-4-6-13(11)15/h3-6,12H,2,7-10H2,1H3,(H,16,17). The highest BCUT2D eigenvalue weighted by Gasteiger charge is 2.29. The summed E-state index contributed by atoms with van der Waals surface area (Å²) in [5.41, 5.74) is 2.07. The number of thioether (sulfide) groups is 1. The van der Waals surface area contributed by atoms with Crippen LogP contribution < -0.4 is 4.90 Å². The van der Waals surface area contributed by atoms with E-state index in [0.29, 0.717) is 6.42 Å². The van der Waals surface area contributed by atoms with Crippen molar-refractivity contribution in [2.45, 2.75) is 19.3 Å². The summed E-state index contributed by atoms with van der Waals surface area (Å²) in [7, 11) is 0. The predicted octanol–water partition coefficient (Wildman–Crippen LogP) is 2.82. The minimum absolute atomic E-state index is 0.337. The second kappa shape index (κ2) is 6.14. The summed E-state index contributed by atoms with van der Waals surface area (Å²) in [5, 5.41) is 9.26. The van der Waals surface area contributed by atoms with Crippen molar-refractivity contribution >= 4 is 23.4 Å². The zero-order valence-corrected chi connectivity index (χ0v) is 11.4. The molecule has 1 aromatic rings. The van der Waals surface area contributed by atoms with E-state index in [0.717, 1.165) is 35.8 Å². The molecule has 0 aliphatic carbocycles. The summed E-state index contributed by atoms with van der Waals surface area (Å²) in [6, 6.07) is 7.91. The molecule has 0 radical (unpaired) electrons. The Balaban J connectivity index is 2.17. The van der Waals surface area contributed by atoms with Gasteiger partial charge in [0.25, 0.3) is 0 Å². The van der Waals surface area contributed by atoms with Crippen molar-refractivity contribution in [2.24, 2.45) is 0 Å². The van der Waals surface area contributed by atoms with E-state index in [2.05, 4.69) is 11.8 Å². The van der Waals surface area contributed by atoms with Crippen molar-refractivity contribution in [3.8, 4) is 0 Å². The molecule has 1 atom stereocenters. The highest BCUT2D eigenvalue weighted by atomic mass is 32.2. The van der Waals surface area contributed by atoms with Crippen molar-refractivity contribution in [3.05, 3.63) is 29.8 Å². The summed E-state index contributed by atoms with van der Waals surface area (Å²) in [6.07, 6.45) is 0.711. The van der Waals surface area contributed by atoms with Crippen LogP contribution in [0.1, 0.15) is 24.8 Å². The number of benzene rings is 1. The van der Waals surface area contributed by atoms with Crippen LogP contribution in [0.15, 0.2) is 24.3 Å². The number of para-hydroxylation sites is 1. The number of carboxylic acids is 1. The van der Waals surface area contributed by atoms with Crippen molar-refractivity contribution < 1.29 is 9.90 Å². The first kappa shape index (κ1) is 13.3. The molecule has 1 heterocycles. The van der Waals surface area contributed by atoms with Crippen LogP contribution in [0, 0.1) is 0 Å². The molecule has 0 saturated heterocycles. The minimum atomic E-state index is -0.704. The van der Waals surface area contributed by atoms with E-state index in [1.165, 1.54) is 0 Å². The Labute approximate surface area is 112 Å². The Bertz CT molecular complexity index is 422.